The number of nitrogens with two attached hydrogens (primary N) is 1. The van der Waals surface area contributed by atoms with E-state index in [9.17, 15) is 0 Å². The zero-order valence-electron chi connectivity index (χ0n) is 12.4. The van der Waals surface area contributed by atoms with E-state index in [0.717, 1.165) is 35.3 Å². The molecule has 2 aromatic carbocycles. The molecule has 2 N–H and O–H groups in total. The summed E-state index contributed by atoms with van der Waals surface area (Å²) in [6.45, 7) is 0. The second-order valence-corrected chi connectivity index (χ2v) is 5.84. The molecule has 0 atom stereocenters. The molecule has 0 bridgehead atoms. The van der Waals surface area contributed by atoms with Crippen LogP contribution in [0.15, 0.2) is 54.6 Å². The van der Waals surface area contributed by atoms with Crippen molar-refractivity contribution in [1.82, 2.24) is 4.98 Å². The lowest BCUT2D eigenvalue weighted by atomic mass is 9.89. The molecule has 22 heavy (non-hydrogen) atoms. The molecule has 0 spiro atoms. The fourth-order valence-corrected chi connectivity index (χ4v) is 3.19. The van der Waals surface area contributed by atoms with Crippen LogP contribution in [0.5, 0.6) is 0 Å². The van der Waals surface area contributed by atoms with Crippen LogP contribution >= 0.6 is 0 Å². The maximum atomic E-state index is 6.08. The van der Waals surface area contributed by atoms with Crippen molar-refractivity contribution in [2.45, 2.75) is 19.3 Å². The van der Waals surface area contributed by atoms with Gasteiger partial charge in [0, 0.05) is 11.1 Å². The summed E-state index contributed by atoms with van der Waals surface area (Å²) < 4.78 is 0. The SMILES string of the molecule is Nc1ccccc1/C=C1\CCCc2cc3ccccc3nc21. The van der Waals surface area contributed by atoms with Crippen molar-refractivity contribution in [1.29, 1.82) is 0 Å². The van der Waals surface area contributed by atoms with Gasteiger partial charge in [0.15, 0.2) is 0 Å². The highest BCUT2D eigenvalue weighted by Gasteiger charge is 2.16. The Balaban J connectivity index is 1.88. The molecule has 2 nitrogen and oxygen atoms in total. The number of hydrogen-bond donors (Lipinski definition) is 1. The van der Waals surface area contributed by atoms with Gasteiger partial charge in [0.25, 0.3) is 0 Å². The smallest absolute Gasteiger partial charge is 0.0709 e. The zero-order chi connectivity index (χ0) is 14.9. The lowest BCUT2D eigenvalue weighted by molar-refractivity contribution is 0.815. The van der Waals surface area contributed by atoms with Gasteiger partial charge in [-0.05, 0) is 60.2 Å². The Morgan fingerprint density at radius 3 is 2.68 bits per heavy atom. The van der Waals surface area contributed by atoms with E-state index in [1.165, 1.54) is 22.9 Å². The van der Waals surface area contributed by atoms with Gasteiger partial charge in [-0.15, -0.1) is 0 Å². The molecule has 3 aromatic rings. The van der Waals surface area contributed by atoms with E-state index in [1.54, 1.807) is 0 Å². The summed E-state index contributed by atoms with van der Waals surface area (Å²) in [6, 6.07) is 18.6. The quantitative estimate of drug-likeness (QED) is 0.659. The van der Waals surface area contributed by atoms with Gasteiger partial charge >= 0.3 is 0 Å². The van der Waals surface area contributed by atoms with Gasteiger partial charge < -0.3 is 5.73 Å². The summed E-state index contributed by atoms with van der Waals surface area (Å²) in [5.74, 6) is 0. The predicted molar refractivity (Wildman–Crippen MR) is 93.4 cm³/mol. The average molecular weight is 286 g/mol. The summed E-state index contributed by atoms with van der Waals surface area (Å²) in [4.78, 5) is 4.91. The summed E-state index contributed by atoms with van der Waals surface area (Å²) in [6.07, 6.45) is 5.54. The molecule has 1 aliphatic carbocycles. The molecule has 0 radical (unpaired) electrons. The van der Waals surface area contributed by atoms with Crippen molar-refractivity contribution < 1.29 is 0 Å². The van der Waals surface area contributed by atoms with Gasteiger partial charge in [-0.1, -0.05) is 36.4 Å². The monoisotopic (exact) mass is 286 g/mol. The third kappa shape index (κ3) is 2.27. The molecular weight excluding hydrogens is 268 g/mol. The number of aromatic nitrogens is 1. The summed E-state index contributed by atoms with van der Waals surface area (Å²) in [7, 11) is 0. The number of allylic oxidation sites excluding steroid dienone is 1. The number of para-hydroxylation sites is 2. The van der Waals surface area contributed by atoms with E-state index in [0.29, 0.717) is 0 Å². The average Bonchev–Trinajstić information content (AvgIpc) is 2.55. The third-order valence-electron chi connectivity index (χ3n) is 4.33. The highest BCUT2D eigenvalue weighted by Crippen LogP contribution is 2.33. The predicted octanol–water partition coefficient (Wildman–Crippen LogP) is 4.69. The summed E-state index contributed by atoms with van der Waals surface area (Å²) >= 11 is 0. The number of nitrogen functional groups attached to an aromatic ring is 1. The maximum Gasteiger partial charge on any atom is 0.0709 e. The molecule has 1 aliphatic rings. The number of aryl methyl sites for hydroxylation is 1. The first-order valence-corrected chi connectivity index (χ1v) is 7.75. The van der Waals surface area contributed by atoms with Crippen LogP contribution in [0.3, 0.4) is 0 Å². The molecule has 1 heterocycles. The Bertz CT molecular complexity index is 878. The Hall–Kier alpha value is -2.61. The number of nitrogens with zero attached hydrogens (tertiary/aromatic N) is 1. The number of rotatable bonds is 1. The van der Waals surface area contributed by atoms with Crippen LogP contribution in [-0.4, -0.2) is 4.98 Å². The number of pyridine rings is 1. The fourth-order valence-electron chi connectivity index (χ4n) is 3.19. The molecule has 0 saturated carbocycles. The van der Waals surface area contributed by atoms with Crippen molar-refractivity contribution in [3.63, 3.8) is 0 Å². The lowest BCUT2D eigenvalue weighted by Crippen LogP contribution is -2.05. The molecule has 4 rings (SSSR count). The molecule has 2 heteroatoms. The first kappa shape index (κ1) is 13.1. The van der Waals surface area contributed by atoms with Crippen molar-refractivity contribution in [3.05, 3.63) is 71.4 Å². The maximum absolute atomic E-state index is 6.08. The second kappa shape index (κ2) is 5.30. The van der Waals surface area contributed by atoms with Crippen LogP contribution in [0.2, 0.25) is 0 Å². The first-order valence-electron chi connectivity index (χ1n) is 7.75. The number of benzene rings is 2. The van der Waals surface area contributed by atoms with Crippen LogP contribution < -0.4 is 5.73 Å². The lowest BCUT2D eigenvalue weighted by Gasteiger charge is -2.19. The van der Waals surface area contributed by atoms with Gasteiger partial charge in [-0.25, -0.2) is 4.98 Å². The Morgan fingerprint density at radius 2 is 1.77 bits per heavy atom. The Labute approximate surface area is 130 Å². The molecule has 108 valence electrons. The summed E-state index contributed by atoms with van der Waals surface area (Å²) in [5.41, 5.74) is 12.8. The molecular formula is C20H18N2. The van der Waals surface area contributed by atoms with Crippen LogP contribution in [0.25, 0.3) is 22.6 Å². The molecule has 0 aliphatic heterocycles. The molecule has 0 saturated heterocycles. The van der Waals surface area contributed by atoms with Gasteiger partial charge in [0.1, 0.15) is 0 Å². The van der Waals surface area contributed by atoms with Gasteiger partial charge in [0.2, 0.25) is 0 Å². The summed E-state index contributed by atoms with van der Waals surface area (Å²) in [5, 5.41) is 1.22. The molecule has 1 aromatic heterocycles. The fraction of sp³-hybridized carbons (Fsp3) is 0.150. The highest BCUT2D eigenvalue weighted by molar-refractivity contribution is 5.89. The number of fused-ring (bicyclic) bond motifs is 2. The van der Waals surface area contributed by atoms with Crippen molar-refractivity contribution >= 4 is 28.2 Å². The minimum Gasteiger partial charge on any atom is -0.398 e. The van der Waals surface area contributed by atoms with E-state index in [4.69, 9.17) is 10.7 Å². The standard InChI is InChI=1S/C20H18N2/c21-18-10-3-1-6-14(18)12-16-8-5-9-17-13-15-7-2-4-11-19(15)22-20(16)17/h1-4,6-7,10-13H,5,8-9,21H2/b16-12+. The largest absolute Gasteiger partial charge is 0.398 e. The second-order valence-electron chi connectivity index (χ2n) is 5.84. The topological polar surface area (TPSA) is 38.9 Å². The van der Waals surface area contributed by atoms with Crippen LogP contribution in [0, 0.1) is 0 Å². The van der Waals surface area contributed by atoms with Gasteiger partial charge in [-0.2, -0.15) is 0 Å². The zero-order valence-corrected chi connectivity index (χ0v) is 12.4. The Kier molecular flexibility index (Phi) is 3.15. The van der Waals surface area contributed by atoms with E-state index in [2.05, 4.69) is 36.4 Å². The van der Waals surface area contributed by atoms with E-state index in [1.807, 2.05) is 24.3 Å². The normalized spacial score (nSPS) is 15.9. The number of hydrogen-bond acceptors (Lipinski definition) is 2. The van der Waals surface area contributed by atoms with Crippen molar-refractivity contribution in [3.8, 4) is 0 Å². The molecule has 0 amide bonds. The minimum atomic E-state index is 0.822. The van der Waals surface area contributed by atoms with E-state index in [-0.39, 0.29) is 0 Å². The van der Waals surface area contributed by atoms with Crippen LogP contribution in [0.4, 0.5) is 5.69 Å². The number of anilines is 1. The van der Waals surface area contributed by atoms with Crippen LogP contribution in [-0.2, 0) is 6.42 Å². The first-order chi connectivity index (χ1) is 10.8. The Morgan fingerprint density at radius 1 is 0.955 bits per heavy atom. The van der Waals surface area contributed by atoms with Crippen LogP contribution in [0.1, 0.15) is 29.7 Å². The van der Waals surface area contributed by atoms with E-state index < -0.39 is 0 Å². The molecule has 0 unspecified atom stereocenters. The van der Waals surface area contributed by atoms with Crippen molar-refractivity contribution in [2.24, 2.45) is 0 Å². The van der Waals surface area contributed by atoms with E-state index >= 15 is 0 Å². The highest BCUT2D eigenvalue weighted by atomic mass is 14.7. The van der Waals surface area contributed by atoms with Gasteiger partial charge in [-0.3, -0.25) is 0 Å². The van der Waals surface area contributed by atoms with Crippen molar-refractivity contribution in [2.75, 3.05) is 5.73 Å². The van der Waals surface area contributed by atoms with Gasteiger partial charge in [0.05, 0.1) is 11.2 Å². The minimum absolute atomic E-state index is 0.822. The third-order valence-corrected chi connectivity index (χ3v) is 4.33. The molecule has 0 fully saturated rings.